The Morgan fingerprint density at radius 2 is 1.67 bits per heavy atom. The van der Waals surface area contributed by atoms with Gasteiger partial charge in [0.2, 0.25) is 11.6 Å². The zero-order chi connectivity index (χ0) is 29.8. The highest BCUT2D eigenvalue weighted by molar-refractivity contribution is 7.19. The number of nitrogens with zero attached hydrogens (tertiary/aromatic N) is 3. The summed E-state index contributed by atoms with van der Waals surface area (Å²) in [7, 11) is 6.17. The fraction of sp³-hybridized carbons (Fsp3) is 0.172. The summed E-state index contributed by atoms with van der Waals surface area (Å²) in [6.45, 7) is 1.92. The van der Waals surface area contributed by atoms with Gasteiger partial charge in [0.05, 0.1) is 28.4 Å². The van der Waals surface area contributed by atoms with Gasteiger partial charge >= 0.3 is 0 Å². The lowest BCUT2D eigenvalue weighted by Gasteiger charge is -2.14. The molecule has 0 aliphatic rings. The van der Waals surface area contributed by atoms with Crippen LogP contribution in [0, 0.1) is 6.92 Å². The first-order valence-electron chi connectivity index (χ1n) is 12.6. The first-order valence-corrected chi connectivity index (χ1v) is 13.4. The number of aromatic nitrogens is 3. The molecule has 2 aromatic heterocycles. The van der Waals surface area contributed by atoms with Gasteiger partial charge in [0.15, 0.2) is 16.6 Å². The maximum Gasteiger partial charge on any atom is 0.272 e. The number of amides is 1. The van der Waals surface area contributed by atoms with Crippen LogP contribution in [0.5, 0.6) is 23.0 Å². The zero-order valence-electron chi connectivity index (χ0n) is 23.5. The summed E-state index contributed by atoms with van der Waals surface area (Å²) < 4.78 is 27.0. The number of rotatable bonds is 10. The second kappa shape index (κ2) is 12.1. The molecule has 12 nitrogen and oxygen atoms in total. The lowest BCUT2D eigenvalue weighted by molar-refractivity contribution is 0.102. The first kappa shape index (κ1) is 28.2. The van der Waals surface area contributed by atoms with Gasteiger partial charge in [-0.25, -0.2) is 4.98 Å². The molecular weight excluding hydrogens is 560 g/mol. The number of aryl methyl sites for hydroxylation is 1. The quantitative estimate of drug-likeness (QED) is 0.182. The smallest absolute Gasteiger partial charge is 0.272 e. The maximum absolute atomic E-state index is 12.8. The highest BCUT2D eigenvalue weighted by Gasteiger charge is 2.21. The predicted molar refractivity (Wildman–Crippen MR) is 160 cm³/mol. The van der Waals surface area contributed by atoms with Gasteiger partial charge in [-0.15, -0.1) is 0 Å². The largest absolute Gasteiger partial charge is 0.497 e. The fourth-order valence-corrected chi connectivity index (χ4v) is 4.98. The molecule has 0 unspecified atom stereocenters. The van der Waals surface area contributed by atoms with Crippen LogP contribution in [0.25, 0.3) is 22.2 Å². The number of nitrogens with two attached hydrogens (primary N) is 1. The van der Waals surface area contributed by atoms with Crippen molar-refractivity contribution in [2.45, 2.75) is 6.92 Å². The Balaban J connectivity index is 1.37. The average Bonchev–Trinajstić information content (AvgIpc) is 3.63. The van der Waals surface area contributed by atoms with E-state index in [1.807, 2.05) is 13.0 Å². The summed E-state index contributed by atoms with van der Waals surface area (Å²) >= 11 is 1.25. The van der Waals surface area contributed by atoms with E-state index in [0.29, 0.717) is 61.3 Å². The van der Waals surface area contributed by atoms with E-state index in [0.717, 1.165) is 5.56 Å². The average molecular weight is 589 g/mol. The van der Waals surface area contributed by atoms with Gasteiger partial charge in [0.25, 0.3) is 11.8 Å². The molecule has 0 bridgehead atoms. The summed E-state index contributed by atoms with van der Waals surface area (Å²) in [5.74, 6) is 2.54. The minimum absolute atomic E-state index is 0.211. The predicted octanol–water partition coefficient (Wildman–Crippen LogP) is 5.78. The molecule has 4 N–H and O–H groups in total. The Labute approximate surface area is 245 Å². The van der Waals surface area contributed by atoms with Gasteiger partial charge in [-0.3, -0.25) is 4.79 Å². The number of ether oxygens (including phenoxy) is 4. The highest BCUT2D eigenvalue weighted by atomic mass is 32.1. The summed E-state index contributed by atoms with van der Waals surface area (Å²) in [6.07, 6.45) is 0. The number of anilines is 4. The summed E-state index contributed by atoms with van der Waals surface area (Å²) in [6, 6.07) is 15.9. The van der Waals surface area contributed by atoms with E-state index in [2.05, 4.69) is 25.8 Å². The summed E-state index contributed by atoms with van der Waals surface area (Å²) in [5, 5.41) is 10.8. The Hall–Kier alpha value is -5.30. The van der Waals surface area contributed by atoms with Crippen LogP contribution in [0.1, 0.15) is 15.9 Å². The maximum atomic E-state index is 12.8. The molecule has 0 aliphatic carbocycles. The fourth-order valence-electron chi connectivity index (χ4n) is 4.15. The lowest BCUT2D eigenvalue weighted by Crippen LogP contribution is -2.12. The number of carbonyl (C=O) groups is 1. The number of benzene rings is 3. The number of nitrogens with one attached hydrogen (secondary N) is 2. The topological polar surface area (TPSA) is 156 Å². The second-order valence-corrected chi connectivity index (χ2v) is 9.91. The molecule has 5 aromatic rings. The molecule has 0 fully saturated rings. The van der Waals surface area contributed by atoms with E-state index in [1.165, 1.54) is 18.4 Å². The van der Waals surface area contributed by atoms with Gasteiger partial charge in [-0.1, -0.05) is 28.6 Å². The number of methoxy groups -OCH3 is 4. The molecule has 0 radical (unpaired) electrons. The van der Waals surface area contributed by atoms with Crippen LogP contribution in [0.2, 0.25) is 0 Å². The molecule has 0 aliphatic heterocycles. The standard InChI is InChI=1S/C29H28N6O6S/c1-15-9-10-17(31-27(36)16-7-6-8-19(11-16)37-2)12-20(15)26-34-28(41-35-26)24-25(30)33-29(42-24)32-18-13-21(38-3)23(40-5)22(14-18)39-4/h6-14H,30H2,1-5H3,(H,31,36)(H,32,33). The van der Waals surface area contributed by atoms with Crippen LogP contribution in [-0.2, 0) is 0 Å². The molecule has 3 aromatic carbocycles. The minimum Gasteiger partial charge on any atom is -0.497 e. The van der Waals surface area contributed by atoms with Crippen LogP contribution in [-0.4, -0.2) is 49.5 Å². The molecule has 216 valence electrons. The Bertz CT molecular complexity index is 1730. The highest BCUT2D eigenvalue weighted by Crippen LogP contribution is 2.42. The molecule has 0 saturated heterocycles. The van der Waals surface area contributed by atoms with Gasteiger partial charge < -0.3 is 39.8 Å². The zero-order valence-corrected chi connectivity index (χ0v) is 24.3. The van der Waals surface area contributed by atoms with E-state index in [1.54, 1.807) is 69.9 Å². The third kappa shape index (κ3) is 5.76. The Morgan fingerprint density at radius 3 is 2.36 bits per heavy atom. The molecule has 13 heteroatoms. The van der Waals surface area contributed by atoms with Crippen molar-refractivity contribution in [3.8, 4) is 45.2 Å². The van der Waals surface area contributed by atoms with Gasteiger partial charge in [-0.05, 0) is 42.8 Å². The number of nitrogen functional groups attached to an aromatic ring is 1. The molecule has 5 rings (SSSR count). The van der Waals surface area contributed by atoms with Crippen molar-refractivity contribution in [2.75, 3.05) is 44.8 Å². The van der Waals surface area contributed by atoms with Crippen molar-refractivity contribution in [3.63, 3.8) is 0 Å². The van der Waals surface area contributed by atoms with Crippen LogP contribution in [0.15, 0.2) is 59.1 Å². The van der Waals surface area contributed by atoms with Crippen LogP contribution in [0.4, 0.5) is 22.3 Å². The lowest BCUT2D eigenvalue weighted by atomic mass is 10.1. The third-order valence-electron chi connectivity index (χ3n) is 6.26. The van der Waals surface area contributed by atoms with Crippen molar-refractivity contribution in [2.24, 2.45) is 0 Å². The number of hydrogen-bond acceptors (Lipinski definition) is 12. The van der Waals surface area contributed by atoms with Crippen molar-refractivity contribution in [3.05, 3.63) is 65.7 Å². The molecular formula is C29H28N6O6S. The van der Waals surface area contributed by atoms with Crippen molar-refractivity contribution in [1.82, 2.24) is 15.1 Å². The van der Waals surface area contributed by atoms with E-state index < -0.39 is 0 Å². The number of thiazole rings is 1. The molecule has 0 spiro atoms. The van der Waals surface area contributed by atoms with E-state index in [9.17, 15) is 4.79 Å². The first-order chi connectivity index (χ1) is 20.3. The van der Waals surface area contributed by atoms with Gasteiger partial charge in [0, 0.05) is 34.6 Å². The third-order valence-corrected chi connectivity index (χ3v) is 7.23. The second-order valence-electron chi connectivity index (χ2n) is 8.91. The van der Waals surface area contributed by atoms with E-state index >= 15 is 0 Å². The Kier molecular flexibility index (Phi) is 8.11. The molecule has 0 atom stereocenters. The molecule has 1 amide bonds. The molecule has 2 heterocycles. The monoisotopic (exact) mass is 588 g/mol. The Morgan fingerprint density at radius 1 is 0.905 bits per heavy atom. The van der Waals surface area contributed by atoms with Gasteiger partial charge in [-0.2, -0.15) is 4.98 Å². The number of carbonyl (C=O) groups excluding carboxylic acids is 1. The van der Waals surface area contributed by atoms with E-state index in [-0.39, 0.29) is 17.6 Å². The van der Waals surface area contributed by atoms with Crippen LogP contribution in [0.3, 0.4) is 0 Å². The van der Waals surface area contributed by atoms with Gasteiger partial charge in [0.1, 0.15) is 16.4 Å². The number of hydrogen-bond donors (Lipinski definition) is 3. The minimum atomic E-state index is -0.276. The van der Waals surface area contributed by atoms with Crippen molar-refractivity contribution >= 4 is 39.6 Å². The van der Waals surface area contributed by atoms with E-state index in [4.69, 9.17) is 29.2 Å². The SMILES string of the molecule is COc1cccc(C(=O)Nc2ccc(C)c(-c3noc(-c4sc(Nc5cc(OC)c(OC)c(OC)c5)nc4N)n3)c2)c1. The van der Waals surface area contributed by atoms with Crippen LogP contribution < -0.4 is 35.3 Å². The molecule has 0 saturated carbocycles. The molecule has 42 heavy (non-hydrogen) atoms. The summed E-state index contributed by atoms with van der Waals surface area (Å²) in [4.78, 5) is 22.3. The normalized spacial score (nSPS) is 10.7. The summed E-state index contributed by atoms with van der Waals surface area (Å²) in [5.41, 5.74) is 9.50. The van der Waals surface area contributed by atoms with Crippen molar-refractivity contribution in [1.29, 1.82) is 0 Å². The van der Waals surface area contributed by atoms with Crippen molar-refractivity contribution < 1.29 is 28.3 Å². The van der Waals surface area contributed by atoms with Crippen LogP contribution >= 0.6 is 11.3 Å².